The molecule has 1 fully saturated rings. The molecule has 4 rings (SSSR count). The minimum Gasteiger partial charge on any atom is -0.481 e. The summed E-state index contributed by atoms with van der Waals surface area (Å²) in [6, 6.07) is 13.1. The van der Waals surface area contributed by atoms with E-state index in [4.69, 9.17) is 15.2 Å². The molecule has 0 aliphatic carbocycles. The molecule has 0 bridgehead atoms. The number of nitrogens with two attached hydrogens (primary N) is 1. The van der Waals surface area contributed by atoms with Crippen molar-refractivity contribution in [3.05, 3.63) is 65.7 Å². The van der Waals surface area contributed by atoms with Crippen molar-refractivity contribution in [3.63, 3.8) is 0 Å². The van der Waals surface area contributed by atoms with E-state index in [2.05, 4.69) is 31.7 Å². The van der Waals surface area contributed by atoms with Crippen molar-refractivity contribution >= 4 is 17.6 Å². The molecule has 40 heavy (non-hydrogen) atoms. The summed E-state index contributed by atoms with van der Waals surface area (Å²) < 4.78 is 11.1. The highest BCUT2D eigenvalue weighted by atomic mass is 16.7. The number of carbonyl (C=O) groups excluding carboxylic acids is 1. The van der Waals surface area contributed by atoms with E-state index >= 15 is 0 Å². The van der Waals surface area contributed by atoms with E-state index < -0.39 is 11.9 Å². The lowest BCUT2D eigenvalue weighted by Crippen LogP contribution is -2.45. The standard InChI is InChI=1S/C32H43N3O5/c1-5-7-14-35(24-10-8-9-22(15-24)18-33)29(36)20-34-19-25(23-11-12-27-28(16-23)40-21-39-27)30(31(37)38)26(34)17-32(3,4)13-6-2/h6,8-13,15-16,25-26,30H,5,7,14,17-21,33H2,1-4H3,(H,37,38)/b13-6+. The van der Waals surface area contributed by atoms with Crippen molar-refractivity contribution in [1.82, 2.24) is 4.90 Å². The fraction of sp³-hybridized carbons (Fsp3) is 0.500. The molecule has 2 aromatic carbocycles. The Kier molecular flexibility index (Phi) is 9.53. The minimum absolute atomic E-state index is 0.0352. The summed E-state index contributed by atoms with van der Waals surface area (Å²) in [5, 5.41) is 10.5. The first kappa shape index (κ1) is 29.6. The lowest BCUT2D eigenvalue weighted by molar-refractivity contribution is -0.143. The van der Waals surface area contributed by atoms with E-state index in [1.165, 1.54) is 0 Å². The number of likely N-dealkylation sites (tertiary alicyclic amines) is 1. The smallest absolute Gasteiger partial charge is 0.308 e. The molecule has 3 N–H and O–H groups in total. The van der Waals surface area contributed by atoms with Crippen molar-refractivity contribution in [3.8, 4) is 11.5 Å². The second-order valence-corrected chi connectivity index (χ2v) is 11.5. The van der Waals surface area contributed by atoms with Gasteiger partial charge in [-0.25, -0.2) is 0 Å². The van der Waals surface area contributed by atoms with Crippen LogP contribution in [0.3, 0.4) is 0 Å². The molecule has 8 heteroatoms. The highest BCUT2D eigenvalue weighted by Crippen LogP contribution is 2.45. The van der Waals surface area contributed by atoms with Crippen LogP contribution in [0.1, 0.15) is 64.0 Å². The number of hydrogen-bond donors (Lipinski definition) is 2. The van der Waals surface area contributed by atoms with Gasteiger partial charge in [-0.3, -0.25) is 14.5 Å². The van der Waals surface area contributed by atoms with Gasteiger partial charge in [0.05, 0.1) is 12.5 Å². The van der Waals surface area contributed by atoms with Crippen molar-refractivity contribution in [2.75, 3.05) is 31.3 Å². The quantitative estimate of drug-likeness (QED) is 0.352. The summed E-state index contributed by atoms with van der Waals surface area (Å²) in [5.74, 6) is -0.562. The molecular formula is C32H43N3O5. The number of nitrogens with zero attached hydrogens (tertiary/aromatic N) is 2. The summed E-state index contributed by atoms with van der Waals surface area (Å²) in [6.45, 7) is 10.1. The van der Waals surface area contributed by atoms with Gasteiger partial charge in [-0.1, -0.05) is 57.5 Å². The number of allylic oxidation sites excluding steroid dienone is 2. The van der Waals surface area contributed by atoms with E-state index in [9.17, 15) is 14.7 Å². The minimum atomic E-state index is -0.850. The van der Waals surface area contributed by atoms with Gasteiger partial charge >= 0.3 is 5.97 Å². The molecule has 0 radical (unpaired) electrons. The zero-order valence-corrected chi connectivity index (χ0v) is 24.1. The predicted octanol–water partition coefficient (Wildman–Crippen LogP) is 5.17. The molecule has 3 unspecified atom stereocenters. The fourth-order valence-corrected chi connectivity index (χ4v) is 6.11. The normalized spacial score (nSPS) is 20.8. The van der Waals surface area contributed by atoms with Crippen LogP contribution in [0.4, 0.5) is 5.69 Å². The van der Waals surface area contributed by atoms with Crippen LogP contribution in [0.15, 0.2) is 54.6 Å². The number of fused-ring (bicyclic) bond motifs is 1. The van der Waals surface area contributed by atoms with E-state index in [1.807, 2.05) is 60.4 Å². The Morgan fingerprint density at radius 3 is 2.65 bits per heavy atom. The van der Waals surface area contributed by atoms with Crippen LogP contribution in [-0.2, 0) is 16.1 Å². The summed E-state index contributed by atoms with van der Waals surface area (Å²) in [6.07, 6.45) is 6.56. The number of benzene rings is 2. The zero-order chi connectivity index (χ0) is 28.9. The van der Waals surface area contributed by atoms with Gasteiger partial charge in [-0.05, 0) is 60.6 Å². The maximum absolute atomic E-state index is 14.0. The van der Waals surface area contributed by atoms with E-state index in [-0.39, 0.29) is 36.6 Å². The topological polar surface area (TPSA) is 105 Å². The Balaban J connectivity index is 1.68. The number of hydrogen-bond acceptors (Lipinski definition) is 6. The van der Waals surface area contributed by atoms with Crippen LogP contribution >= 0.6 is 0 Å². The Bertz CT molecular complexity index is 1230. The number of aliphatic carboxylic acids is 1. The maximum atomic E-state index is 14.0. The number of amides is 1. The summed E-state index contributed by atoms with van der Waals surface area (Å²) in [7, 11) is 0. The molecule has 2 aliphatic rings. The highest BCUT2D eigenvalue weighted by Gasteiger charge is 2.48. The molecule has 0 aromatic heterocycles. The predicted molar refractivity (Wildman–Crippen MR) is 157 cm³/mol. The second-order valence-electron chi connectivity index (χ2n) is 11.5. The van der Waals surface area contributed by atoms with Crippen LogP contribution < -0.4 is 20.1 Å². The SMILES string of the molecule is C/C=C/C(C)(C)CC1C(C(=O)O)C(c2ccc3c(c2)OCO3)CN1CC(=O)N(CCCC)c1cccc(CN)c1. The average Bonchev–Trinajstić information content (AvgIpc) is 3.53. The van der Waals surface area contributed by atoms with Gasteiger partial charge in [0.1, 0.15) is 0 Å². The first-order valence-corrected chi connectivity index (χ1v) is 14.3. The first-order valence-electron chi connectivity index (χ1n) is 14.3. The van der Waals surface area contributed by atoms with Gasteiger partial charge in [0.25, 0.3) is 0 Å². The number of carbonyl (C=O) groups is 2. The summed E-state index contributed by atoms with van der Waals surface area (Å²) >= 11 is 0. The maximum Gasteiger partial charge on any atom is 0.308 e. The van der Waals surface area contributed by atoms with Crippen LogP contribution in [0.5, 0.6) is 11.5 Å². The Labute approximate surface area is 237 Å². The van der Waals surface area contributed by atoms with E-state index in [0.717, 1.165) is 29.7 Å². The van der Waals surface area contributed by atoms with Crippen LogP contribution in [0.2, 0.25) is 0 Å². The summed E-state index contributed by atoms with van der Waals surface area (Å²) in [5.41, 5.74) is 8.33. The molecule has 8 nitrogen and oxygen atoms in total. The van der Waals surface area contributed by atoms with Gasteiger partial charge in [0, 0.05) is 37.3 Å². The monoisotopic (exact) mass is 549 g/mol. The molecular weight excluding hydrogens is 506 g/mol. The van der Waals surface area contributed by atoms with Gasteiger partial charge in [0.2, 0.25) is 12.7 Å². The van der Waals surface area contributed by atoms with Crippen molar-refractivity contribution < 1.29 is 24.2 Å². The van der Waals surface area contributed by atoms with Gasteiger partial charge in [-0.2, -0.15) is 0 Å². The van der Waals surface area contributed by atoms with Gasteiger partial charge in [-0.15, -0.1) is 0 Å². The molecule has 1 saturated heterocycles. The largest absolute Gasteiger partial charge is 0.481 e. The molecule has 216 valence electrons. The molecule has 2 heterocycles. The number of carboxylic acid groups (broad SMARTS) is 1. The van der Waals surface area contributed by atoms with Crippen LogP contribution in [-0.4, -0.2) is 54.4 Å². The number of rotatable bonds is 12. The van der Waals surface area contributed by atoms with Crippen molar-refractivity contribution in [2.24, 2.45) is 17.1 Å². The van der Waals surface area contributed by atoms with Crippen molar-refractivity contribution in [2.45, 2.75) is 65.5 Å². The lowest BCUT2D eigenvalue weighted by atomic mass is 9.77. The fourth-order valence-electron chi connectivity index (χ4n) is 6.11. The van der Waals surface area contributed by atoms with E-state index in [0.29, 0.717) is 37.6 Å². The number of ether oxygens (including phenoxy) is 2. The number of carboxylic acids is 1. The molecule has 0 spiro atoms. The average molecular weight is 550 g/mol. The zero-order valence-electron chi connectivity index (χ0n) is 24.1. The second kappa shape index (κ2) is 12.9. The Morgan fingerprint density at radius 1 is 1.18 bits per heavy atom. The number of unbranched alkanes of at least 4 members (excludes halogenated alkanes) is 1. The first-order chi connectivity index (χ1) is 19.2. The highest BCUT2D eigenvalue weighted by molar-refractivity contribution is 5.95. The van der Waals surface area contributed by atoms with Crippen molar-refractivity contribution in [1.29, 1.82) is 0 Å². The third-order valence-corrected chi connectivity index (χ3v) is 8.04. The van der Waals surface area contributed by atoms with Crippen LogP contribution in [0, 0.1) is 11.3 Å². The Hall–Kier alpha value is -3.36. The Morgan fingerprint density at radius 2 is 1.95 bits per heavy atom. The molecule has 2 aliphatic heterocycles. The molecule has 1 amide bonds. The van der Waals surface area contributed by atoms with Crippen LogP contribution in [0.25, 0.3) is 0 Å². The third kappa shape index (κ3) is 6.67. The van der Waals surface area contributed by atoms with E-state index in [1.54, 1.807) is 0 Å². The molecule has 2 aromatic rings. The lowest BCUT2D eigenvalue weighted by Gasteiger charge is -2.34. The molecule has 0 saturated carbocycles. The number of anilines is 1. The molecule has 3 atom stereocenters. The van der Waals surface area contributed by atoms with Gasteiger partial charge in [0.15, 0.2) is 11.5 Å². The van der Waals surface area contributed by atoms with Gasteiger partial charge < -0.3 is 25.2 Å². The summed E-state index contributed by atoms with van der Waals surface area (Å²) in [4.78, 5) is 30.8. The third-order valence-electron chi connectivity index (χ3n) is 8.04.